The first-order valence-electron chi connectivity index (χ1n) is 5.47. The number of benzene rings is 1. The van der Waals surface area contributed by atoms with E-state index >= 15 is 0 Å². The highest BCUT2D eigenvalue weighted by atomic mass is 19.2. The smallest absolute Gasteiger partial charge is 0.251 e. The van der Waals surface area contributed by atoms with Gasteiger partial charge in [-0.05, 0) is 12.1 Å². The molecule has 0 saturated heterocycles. The van der Waals surface area contributed by atoms with Crippen LogP contribution in [-0.4, -0.2) is 15.9 Å². The Morgan fingerprint density at radius 2 is 1.75 bits per heavy atom. The van der Waals surface area contributed by atoms with Gasteiger partial charge in [0.2, 0.25) is 5.95 Å². The van der Waals surface area contributed by atoms with Crippen LogP contribution in [0, 0.1) is 17.5 Å². The predicted molar refractivity (Wildman–Crippen MR) is 64.2 cm³/mol. The highest BCUT2D eigenvalue weighted by Gasteiger charge is 2.13. The molecule has 5 nitrogen and oxygen atoms in total. The molecule has 0 fully saturated rings. The van der Waals surface area contributed by atoms with Crippen LogP contribution in [0.5, 0.6) is 0 Å². The zero-order chi connectivity index (χ0) is 14.7. The van der Waals surface area contributed by atoms with Crippen LogP contribution in [0.15, 0.2) is 24.5 Å². The lowest BCUT2D eigenvalue weighted by Gasteiger charge is -2.07. The third-order valence-electron chi connectivity index (χ3n) is 2.50. The molecular weight excluding hydrogens is 273 g/mol. The number of primary amides is 1. The Morgan fingerprint density at radius 3 is 2.35 bits per heavy atom. The first kappa shape index (κ1) is 13.8. The molecule has 0 atom stereocenters. The van der Waals surface area contributed by atoms with Crippen molar-refractivity contribution in [2.75, 3.05) is 5.32 Å². The van der Waals surface area contributed by atoms with E-state index in [-0.39, 0.29) is 18.1 Å². The summed E-state index contributed by atoms with van der Waals surface area (Å²) in [6.45, 7) is -0.342. The maximum Gasteiger partial charge on any atom is 0.251 e. The van der Waals surface area contributed by atoms with Crippen LogP contribution in [0.2, 0.25) is 0 Å². The Balaban J connectivity index is 2.13. The summed E-state index contributed by atoms with van der Waals surface area (Å²) < 4.78 is 39.7. The number of rotatable bonds is 4. The number of amides is 1. The molecule has 2 aromatic rings. The molecule has 0 bridgehead atoms. The summed E-state index contributed by atoms with van der Waals surface area (Å²) >= 11 is 0. The standard InChI is InChI=1S/C12H9F3N4O/c13-8-1-2-9(14)10(15)7(8)5-19-12-17-3-6(4-18-12)11(16)20/h1-4H,5H2,(H2,16,20)(H,17,18,19). The number of aromatic nitrogens is 2. The molecule has 3 N–H and O–H groups in total. The number of anilines is 1. The number of nitrogens with two attached hydrogens (primary N) is 1. The number of hydrogen-bond donors (Lipinski definition) is 2. The monoisotopic (exact) mass is 282 g/mol. The normalized spacial score (nSPS) is 10.3. The van der Waals surface area contributed by atoms with Gasteiger partial charge in [-0.1, -0.05) is 0 Å². The number of carbonyl (C=O) groups is 1. The van der Waals surface area contributed by atoms with Gasteiger partial charge in [0.1, 0.15) is 5.82 Å². The van der Waals surface area contributed by atoms with Crippen molar-refractivity contribution in [3.05, 3.63) is 53.1 Å². The number of halogens is 3. The van der Waals surface area contributed by atoms with Crippen molar-refractivity contribution in [3.8, 4) is 0 Å². The molecule has 0 aliphatic heterocycles. The van der Waals surface area contributed by atoms with E-state index in [1.54, 1.807) is 0 Å². The Bertz CT molecular complexity index is 646. The minimum atomic E-state index is -1.27. The summed E-state index contributed by atoms with van der Waals surface area (Å²) in [5, 5.41) is 2.51. The van der Waals surface area contributed by atoms with Crippen LogP contribution in [0.1, 0.15) is 15.9 Å². The van der Waals surface area contributed by atoms with Gasteiger partial charge in [-0.15, -0.1) is 0 Å². The lowest BCUT2D eigenvalue weighted by Crippen LogP contribution is -2.13. The van der Waals surface area contributed by atoms with Crippen LogP contribution in [0.4, 0.5) is 19.1 Å². The molecule has 8 heteroatoms. The molecule has 1 heterocycles. The quantitative estimate of drug-likeness (QED) is 0.835. The van der Waals surface area contributed by atoms with Gasteiger partial charge in [0.05, 0.1) is 5.56 Å². The highest BCUT2D eigenvalue weighted by molar-refractivity contribution is 5.92. The third-order valence-corrected chi connectivity index (χ3v) is 2.50. The highest BCUT2D eigenvalue weighted by Crippen LogP contribution is 2.16. The third kappa shape index (κ3) is 2.85. The fourth-order valence-electron chi connectivity index (χ4n) is 1.45. The molecule has 20 heavy (non-hydrogen) atoms. The van der Waals surface area contributed by atoms with E-state index in [9.17, 15) is 18.0 Å². The summed E-state index contributed by atoms with van der Waals surface area (Å²) in [6, 6.07) is 1.53. The minimum Gasteiger partial charge on any atom is -0.366 e. The summed E-state index contributed by atoms with van der Waals surface area (Å²) in [5.41, 5.74) is 4.64. The molecule has 0 aliphatic rings. The van der Waals surface area contributed by atoms with Gasteiger partial charge in [-0.3, -0.25) is 4.79 Å². The molecule has 0 spiro atoms. The average Bonchev–Trinajstić information content (AvgIpc) is 2.43. The van der Waals surface area contributed by atoms with Gasteiger partial charge < -0.3 is 11.1 Å². The van der Waals surface area contributed by atoms with Gasteiger partial charge in [-0.25, -0.2) is 23.1 Å². The molecule has 1 aromatic carbocycles. The van der Waals surface area contributed by atoms with Crippen LogP contribution in [0.3, 0.4) is 0 Å². The topological polar surface area (TPSA) is 80.9 Å². The largest absolute Gasteiger partial charge is 0.366 e. The van der Waals surface area contributed by atoms with Crippen LogP contribution >= 0.6 is 0 Å². The number of hydrogen-bond acceptors (Lipinski definition) is 4. The van der Waals surface area contributed by atoms with Crippen molar-refractivity contribution in [3.63, 3.8) is 0 Å². The van der Waals surface area contributed by atoms with Crippen molar-refractivity contribution in [1.82, 2.24) is 9.97 Å². The lowest BCUT2D eigenvalue weighted by atomic mass is 10.2. The molecule has 0 radical (unpaired) electrons. The maximum absolute atomic E-state index is 13.4. The van der Waals surface area contributed by atoms with Crippen molar-refractivity contribution in [2.24, 2.45) is 5.73 Å². The van der Waals surface area contributed by atoms with E-state index < -0.39 is 28.9 Å². The second kappa shape index (κ2) is 5.55. The summed E-state index contributed by atoms with van der Waals surface area (Å²) in [5.74, 6) is -3.97. The SMILES string of the molecule is NC(=O)c1cnc(NCc2c(F)ccc(F)c2F)nc1. The molecule has 104 valence electrons. The van der Waals surface area contributed by atoms with Crippen molar-refractivity contribution < 1.29 is 18.0 Å². The van der Waals surface area contributed by atoms with E-state index in [4.69, 9.17) is 5.73 Å². The molecule has 1 aromatic heterocycles. The molecule has 0 saturated carbocycles. The Kier molecular flexibility index (Phi) is 3.83. The fraction of sp³-hybridized carbons (Fsp3) is 0.0833. The lowest BCUT2D eigenvalue weighted by molar-refractivity contribution is 0.0999. The maximum atomic E-state index is 13.4. The first-order chi connectivity index (χ1) is 9.49. The van der Waals surface area contributed by atoms with Crippen molar-refractivity contribution >= 4 is 11.9 Å². The summed E-state index contributed by atoms with van der Waals surface area (Å²) in [7, 11) is 0. The van der Waals surface area contributed by atoms with Gasteiger partial charge in [-0.2, -0.15) is 0 Å². The van der Waals surface area contributed by atoms with Crippen LogP contribution in [-0.2, 0) is 6.54 Å². The summed E-state index contributed by atoms with van der Waals surface area (Å²) in [6.07, 6.45) is 2.33. The zero-order valence-electron chi connectivity index (χ0n) is 10.0. The number of carbonyl (C=O) groups excluding carboxylic acids is 1. The van der Waals surface area contributed by atoms with E-state index in [0.717, 1.165) is 18.5 Å². The van der Waals surface area contributed by atoms with E-state index in [1.807, 2.05) is 0 Å². The Morgan fingerprint density at radius 1 is 1.15 bits per heavy atom. The minimum absolute atomic E-state index is 0.0260. The summed E-state index contributed by atoms with van der Waals surface area (Å²) in [4.78, 5) is 18.3. The molecule has 2 rings (SSSR count). The van der Waals surface area contributed by atoms with E-state index in [0.29, 0.717) is 6.07 Å². The average molecular weight is 282 g/mol. The number of nitrogens with zero attached hydrogens (tertiary/aromatic N) is 2. The van der Waals surface area contributed by atoms with Crippen LogP contribution in [0.25, 0.3) is 0 Å². The van der Waals surface area contributed by atoms with Crippen molar-refractivity contribution in [2.45, 2.75) is 6.54 Å². The molecule has 0 unspecified atom stereocenters. The van der Waals surface area contributed by atoms with Gasteiger partial charge >= 0.3 is 0 Å². The van der Waals surface area contributed by atoms with Gasteiger partial charge in [0.25, 0.3) is 5.91 Å². The van der Waals surface area contributed by atoms with E-state index in [2.05, 4.69) is 15.3 Å². The fourth-order valence-corrected chi connectivity index (χ4v) is 1.45. The predicted octanol–water partition coefficient (Wildman–Crippen LogP) is 1.60. The van der Waals surface area contributed by atoms with Gasteiger partial charge in [0.15, 0.2) is 11.6 Å². The molecule has 0 aliphatic carbocycles. The molecule has 1 amide bonds. The van der Waals surface area contributed by atoms with E-state index in [1.165, 1.54) is 0 Å². The Labute approximate surface area is 111 Å². The molecular formula is C12H9F3N4O. The second-order valence-corrected chi connectivity index (χ2v) is 3.83. The van der Waals surface area contributed by atoms with Crippen LogP contribution < -0.4 is 11.1 Å². The van der Waals surface area contributed by atoms with Gasteiger partial charge in [0, 0.05) is 24.5 Å². The first-order valence-corrected chi connectivity index (χ1v) is 5.47. The Hall–Kier alpha value is -2.64. The number of nitrogens with one attached hydrogen (secondary N) is 1. The zero-order valence-corrected chi connectivity index (χ0v) is 10.0. The van der Waals surface area contributed by atoms with Crippen molar-refractivity contribution in [1.29, 1.82) is 0 Å². The second-order valence-electron chi connectivity index (χ2n) is 3.83.